The van der Waals surface area contributed by atoms with Crippen molar-refractivity contribution in [1.82, 2.24) is 19.9 Å². The third-order valence-corrected chi connectivity index (χ3v) is 23.8. The number of aliphatic hydroxyl groups excluding tert-OH is 2. The van der Waals surface area contributed by atoms with Gasteiger partial charge in [0.15, 0.2) is 6.21 Å². The molecule has 7 N–H and O–H groups in total. The van der Waals surface area contributed by atoms with Gasteiger partial charge in [0.1, 0.15) is 31.0 Å². The van der Waals surface area contributed by atoms with E-state index in [-0.39, 0.29) is 179 Å². The zero-order valence-electron chi connectivity index (χ0n) is 87.8. The molecule has 12 heterocycles. The summed E-state index contributed by atoms with van der Waals surface area (Å²) in [6, 6.07) is 11.4. The predicted molar refractivity (Wildman–Crippen MR) is 543 cm³/mol. The summed E-state index contributed by atoms with van der Waals surface area (Å²) in [5, 5.41) is 36.6. The van der Waals surface area contributed by atoms with Crippen molar-refractivity contribution >= 4 is 148 Å². The number of alkyl halides is 2. The maximum atomic E-state index is 12.4. The minimum atomic E-state index is -10.7. The van der Waals surface area contributed by atoms with Gasteiger partial charge in [-0.1, -0.05) is 119 Å². The summed E-state index contributed by atoms with van der Waals surface area (Å²) in [5.41, 5.74) is 12.1. The van der Waals surface area contributed by atoms with E-state index in [2.05, 4.69) is 54.3 Å². The van der Waals surface area contributed by atoms with Crippen LogP contribution < -0.4 is 86.7 Å². The number of hydrogen-bond acceptors (Lipinski definition) is 30. The Balaban J connectivity index is -0.000000242. The zero-order chi connectivity index (χ0) is 108. The van der Waals surface area contributed by atoms with Crippen LogP contribution in [-0.2, 0) is 124 Å². The van der Waals surface area contributed by atoms with Gasteiger partial charge < -0.3 is 90.1 Å². The Labute approximate surface area is 959 Å². The Morgan fingerprint density at radius 2 is 0.897 bits per heavy atom. The van der Waals surface area contributed by atoms with Gasteiger partial charge in [0.05, 0.1) is 90.7 Å². The first-order valence-electron chi connectivity index (χ1n) is 46.7. The second-order valence-electron chi connectivity index (χ2n) is 33.4. The van der Waals surface area contributed by atoms with E-state index in [9.17, 15) is 62.7 Å². The number of benzene rings is 1. The summed E-state index contributed by atoms with van der Waals surface area (Å²) < 4.78 is 142. The van der Waals surface area contributed by atoms with E-state index < -0.39 is 41.9 Å². The zero-order valence-corrected chi connectivity index (χ0v) is 98.9. The van der Waals surface area contributed by atoms with E-state index in [0.29, 0.717) is 89.9 Å². The van der Waals surface area contributed by atoms with Crippen LogP contribution in [0.2, 0.25) is 15.1 Å². The number of nitrogens with two attached hydrogens (primary N) is 1. The number of aromatic nitrogens is 3. The molecule has 9 fully saturated rings. The molecule has 50 heteroatoms. The number of aliphatic carboxylic acids is 2. The maximum Gasteiger partial charge on any atom is 1.00 e. The minimum Gasteiger partial charge on any atom is -1.00 e. The van der Waals surface area contributed by atoms with E-state index in [0.717, 1.165) is 183 Å². The maximum absolute atomic E-state index is 12.4. The van der Waals surface area contributed by atoms with Crippen LogP contribution in [-0.4, -0.2) is 279 Å². The van der Waals surface area contributed by atoms with E-state index in [1.807, 2.05) is 70.0 Å². The number of pyridine rings is 3. The van der Waals surface area contributed by atoms with Crippen LogP contribution in [0.15, 0.2) is 77.2 Å². The van der Waals surface area contributed by atoms with Crippen molar-refractivity contribution in [2.24, 2.45) is 53.1 Å². The number of ether oxygens (including phenoxy) is 10. The summed E-state index contributed by atoms with van der Waals surface area (Å²) in [7, 11) is -6.76. The number of carboxylic acid groups (broad SMARTS) is 2. The fourth-order valence-corrected chi connectivity index (χ4v) is 15.7. The van der Waals surface area contributed by atoms with Gasteiger partial charge in [-0.2, -0.15) is 27.6 Å². The second kappa shape index (κ2) is 90.6. The number of aryl methyl sites for hydroxylation is 2. The summed E-state index contributed by atoms with van der Waals surface area (Å²) in [5.74, 6) is 1.33. The Morgan fingerprint density at radius 3 is 1.17 bits per heavy atom. The molecule has 834 valence electrons. The van der Waals surface area contributed by atoms with Gasteiger partial charge in [-0.3, -0.25) is 44.6 Å². The molecule has 4 aromatic rings. The molecule has 12 unspecified atom stereocenters. The van der Waals surface area contributed by atoms with Crippen molar-refractivity contribution < 1.29 is 241 Å². The third kappa shape index (κ3) is 81.2. The molecular weight excluding hydrogens is 2160 g/mol. The number of aliphatic hydroxyl groups is 2. The minimum absolute atomic E-state index is 0. The van der Waals surface area contributed by atoms with E-state index in [4.69, 9.17) is 157 Å². The Morgan fingerprint density at radius 1 is 0.582 bits per heavy atom. The SMILES string of the molecule is C1CCOC1.C1CCOC1.C1CCOC1.CC(C(=O)O)C1CCOC1.CC(c1ncc(Cl)cc1CO)C1CCOC1.CCCC(=O)C(C)C1CCOC1.CCO.CCOC(=O)C[C-]=O.CCc1cc(Cl)cnc1C(C)C1CCOC1.CN(C)/C=C(\Cl)C=[N+](C)C.Cc1ccc(S(=O)(=O)OCc2cc(Cl)cnc2C(C)C2CCOC2)cc1.Cl.ClCCl.F[P-](F)(F)(F)(F)F.NC(C(=O)O)C1CCOC1.O=C=O.O=C=O.[H-].[K+].[Na+].[OH-]. The van der Waals surface area contributed by atoms with E-state index in [1.54, 1.807) is 75.8 Å². The largest absolute Gasteiger partial charge is 1.00 e. The van der Waals surface area contributed by atoms with Gasteiger partial charge >= 0.3 is 138 Å². The molecule has 0 bridgehead atoms. The number of carboxylic acids is 2. The first kappa shape index (κ1) is 155. The molecule has 3 aromatic heterocycles. The number of esters is 1. The van der Waals surface area contributed by atoms with Gasteiger partial charge in [-0.15, -0.1) is 35.6 Å². The molecule has 0 amide bonds. The third-order valence-electron chi connectivity index (χ3n) is 21.7. The molecule has 146 heavy (non-hydrogen) atoms. The second-order valence-corrected chi connectivity index (χ2v) is 39.5. The van der Waals surface area contributed by atoms with Crippen molar-refractivity contribution in [3.63, 3.8) is 0 Å². The number of hydrogen-bond donors (Lipinski definition) is 5. The fourth-order valence-electron chi connectivity index (χ4n) is 13.9. The van der Waals surface area contributed by atoms with Gasteiger partial charge in [0, 0.05) is 189 Å². The average Bonchev–Trinajstić information content (AvgIpc) is 1.34. The average molecular weight is 2310 g/mol. The monoisotopic (exact) mass is 2310 g/mol. The van der Waals surface area contributed by atoms with Crippen molar-refractivity contribution in [3.05, 3.63) is 127 Å². The quantitative estimate of drug-likeness (QED) is 0.00393. The molecule has 9 aliphatic rings. The van der Waals surface area contributed by atoms with Crippen molar-refractivity contribution in [2.75, 3.05) is 166 Å². The molecule has 13 rings (SSSR count). The Hall–Kier alpha value is -3.54. The first-order valence-corrected chi connectivity index (χ1v) is 52.7. The van der Waals surface area contributed by atoms with Crippen molar-refractivity contribution in [3.8, 4) is 0 Å². The smallest absolute Gasteiger partial charge is 1.00 e. The van der Waals surface area contributed by atoms with Crippen molar-refractivity contribution in [1.29, 1.82) is 0 Å². The molecule has 9 aliphatic heterocycles. The number of Topliss-reactive ketones (excluding diaryl/α,β-unsaturated/α-hetero) is 1. The summed E-state index contributed by atoms with van der Waals surface area (Å²) in [4.78, 5) is 99.7. The Kier molecular flexibility index (Phi) is 96.5. The number of ketones is 1. The van der Waals surface area contributed by atoms with Gasteiger partial charge in [-0.25, -0.2) is 4.58 Å². The van der Waals surface area contributed by atoms with Crippen LogP contribution in [0.5, 0.6) is 0 Å². The summed E-state index contributed by atoms with van der Waals surface area (Å²) in [6.07, 6.45) is 26.6. The van der Waals surface area contributed by atoms with Crippen LogP contribution in [0.3, 0.4) is 0 Å². The number of carbonyl (C=O) groups excluding carboxylic acids is 7. The van der Waals surface area contributed by atoms with Gasteiger partial charge in [0.2, 0.25) is 0 Å². The number of allylic oxidation sites excluding steroid dienone is 1. The fraction of sp³-hybridized carbons (Fsp3) is 0.677. The van der Waals surface area contributed by atoms with Crippen LogP contribution >= 0.6 is 89.8 Å². The predicted octanol–water partition coefficient (Wildman–Crippen LogP) is 13.5. The first-order chi connectivity index (χ1) is 66.9. The number of nitrogens with zero attached hydrogens (tertiary/aromatic N) is 5. The van der Waals surface area contributed by atoms with Crippen LogP contribution in [0.4, 0.5) is 25.2 Å². The molecule has 0 aliphatic carbocycles. The van der Waals surface area contributed by atoms with Crippen LogP contribution in [0, 0.1) is 54.3 Å². The molecular formula is C96H153Cl7F6KN6NaO27PS-. The topological polar surface area (TPSA) is 471 Å². The number of halogens is 13. The summed E-state index contributed by atoms with van der Waals surface area (Å²) in [6.45, 7) is 35.1. The van der Waals surface area contributed by atoms with Crippen molar-refractivity contribution in [2.45, 2.75) is 214 Å². The molecule has 33 nitrogen and oxygen atoms in total. The molecule has 1 aromatic carbocycles. The number of carbonyl (C=O) groups is 4. The van der Waals surface area contributed by atoms with Gasteiger partial charge in [0.25, 0.3) is 16.1 Å². The molecule has 0 saturated carbocycles. The standard InChI is InChI=1S/C19H22ClNO4S.C13H18ClNO.C12H16ClNO2.C10H18O2.C7H14ClN2.C7H12O3.C6H11NO3.C5H7O3.3C4H8O.C2H6O.CH2Cl2.2CO2.ClH.F6P.K.Na.H2O.H/c1-13-3-5-18(6-4-13)26(22,23)25-12-16-9-17(20)10-21-19(16)14(2)15-7-8-24-11-15;1-3-10-6-12(14)7-15-13(10)9(2)11-4-5-16-8-11;1-8(9-2-3-16-7-9)12-10(6-15)4-11(13)5-14-12;1-3-4-10(11)8(2)9-5-6-12-7-9;1-9(2)5-7(8)6-10(3)4;1-5(7(8)9)6-2-3-10-4-6;7-5(6(8)9)4-1-2-10-3-4;1-2-8-5(7)3-4-6;3*1-2-4-5-3-1;1-2-3;3*2-1-3;;1-7(2,3,4,5)6;;;;/h3-6,9-10,14-15H,7-8,11-12H2,1-2H3;6-7,9,11H,3-5,8H2,1-2H3;4-5,8-9,15H,2-3,6-7H2,1H3;8-9H,3-7H2,1-2H3;5-6H,1-4H3;5-6H,2-4H2,1H3,(H,8,9);4-5H,1-3,7H2,(H,8,9);2-3H2,1H3;3*1-4H2;3H,2H2,1H3;1H2;;;1H;;;;1H2;/q;;;;+1;;;-1;;;;;;;;;-1;2*+1;;-1/p-1. The molecule has 0 radical (unpaired) electrons. The van der Waals surface area contributed by atoms with Crippen LogP contribution in [0.1, 0.15) is 217 Å². The number of rotatable bonds is 25. The van der Waals surface area contributed by atoms with Crippen LogP contribution in [0.25, 0.3) is 0 Å². The normalized spacial score (nSPS) is 19.4. The van der Waals surface area contributed by atoms with E-state index >= 15 is 0 Å². The molecule has 12 atom stereocenters. The molecule has 0 spiro atoms. The van der Waals surface area contributed by atoms with Gasteiger partial charge in [-0.05, 0) is 176 Å². The summed E-state index contributed by atoms with van der Waals surface area (Å²) >= 11 is 33.2. The Bertz CT molecular complexity index is 4170. The van der Waals surface area contributed by atoms with E-state index in [1.165, 1.54) is 56.1 Å². The molecule has 9 saturated heterocycles.